The number of rotatable bonds is 3. The fourth-order valence-corrected chi connectivity index (χ4v) is 9.31. The molecule has 7 nitrogen and oxygen atoms in total. The molecule has 10 atom stereocenters. The van der Waals surface area contributed by atoms with Gasteiger partial charge in [0.05, 0.1) is 12.7 Å². The Hall–Kier alpha value is -1.44. The Balaban J connectivity index is 1.43. The molecule has 1 saturated heterocycles. The largest absolute Gasteiger partial charge is 0.465 e. The lowest BCUT2D eigenvalue weighted by molar-refractivity contribution is -0.264. The zero-order valence-corrected chi connectivity index (χ0v) is 20.9. The first-order valence-electron chi connectivity index (χ1n) is 13.0. The summed E-state index contributed by atoms with van der Waals surface area (Å²) < 4.78 is 16.4. The first-order chi connectivity index (χ1) is 16.0. The fraction of sp³-hybridized carbons (Fsp3) is 0.852. The molecule has 0 aromatic carbocycles. The molecule has 4 unspecified atom stereocenters. The number of hydrogen-bond acceptors (Lipinski definition) is 7. The summed E-state index contributed by atoms with van der Waals surface area (Å²) in [5, 5.41) is 21.2. The van der Waals surface area contributed by atoms with Gasteiger partial charge in [0.2, 0.25) is 6.29 Å². The molecule has 7 heteroatoms. The molecule has 5 aliphatic rings. The molecule has 3 saturated carbocycles. The molecule has 5 rings (SSSR count). The molecule has 0 amide bonds. The Morgan fingerprint density at radius 1 is 1.09 bits per heavy atom. The number of cyclic esters (lactones) is 1. The maximum absolute atomic E-state index is 11.7. The van der Waals surface area contributed by atoms with E-state index in [1.165, 1.54) is 19.4 Å². The fourth-order valence-electron chi connectivity index (χ4n) is 9.31. The lowest BCUT2D eigenvalue weighted by atomic mass is 9.38. The molecule has 0 aromatic heterocycles. The lowest BCUT2D eigenvalue weighted by Crippen LogP contribution is -2.62. The van der Waals surface area contributed by atoms with E-state index in [0.717, 1.165) is 38.5 Å². The van der Waals surface area contributed by atoms with Gasteiger partial charge in [0.25, 0.3) is 0 Å². The minimum Gasteiger partial charge on any atom is -0.465 e. The molecule has 34 heavy (non-hydrogen) atoms. The van der Waals surface area contributed by atoms with Crippen LogP contribution in [0.3, 0.4) is 0 Å². The van der Waals surface area contributed by atoms with Crippen LogP contribution in [0.2, 0.25) is 0 Å². The second kappa shape index (κ2) is 8.31. The van der Waals surface area contributed by atoms with Crippen LogP contribution in [0.25, 0.3) is 0 Å². The van der Waals surface area contributed by atoms with Gasteiger partial charge in [-0.05, 0) is 73.5 Å². The van der Waals surface area contributed by atoms with E-state index in [2.05, 4.69) is 20.8 Å². The quantitative estimate of drug-likeness (QED) is 0.599. The van der Waals surface area contributed by atoms with Crippen molar-refractivity contribution >= 4 is 11.9 Å². The van der Waals surface area contributed by atoms with Crippen LogP contribution in [0.1, 0.15) is 79.1 Å². The third-order valence-corrected chi connectivity index (χ3v) is 10.7. The second-order valence-corrected chi connectivity index (χ2v) is 12.5. The summed E-state index contributed by atoms with van der Waals surface area (Å²) in [6.07, 6.45) is 6.82. The van der Waals surface area contributed by atoms with Crippen LogP contribution in [-0.4, -0.2) is 47.4 Å². The third kappa shape index (κ3) is 3.65. The van der Waals surface area contributed by atoms with Crippen LogP contribution in [0, 0.1) is 39.9 Å². The van der Waals surface area contributed by atoms with Gasteiger partial charge in [-0.3, -0.25) is 4.79 Å². The van der Waals surface area contributed by atoms with Crippen molar-refractivity contribution < 1.29 is 34.0 Å². The van der Waals surface area contributed by atoms with Crippen molar-refractivity contribution in [2.24, 2.45) is 39.9 Å². The van der Waals surface area contributed by atoms with Crippen molar-refractivity contribution in [2.75, 3.05) is 6.61 Å². The second-order valence-electron chi connectivity index (χ2n) is 12.5. The van der Waals surface area contributed by atoms with Gasteiger partial charge in [-0.2, -0.15) is 0 Å². The number of carbonyl (C=O) groups is 2. The zero-order chi connectivity index (χ0) is 24.5. The van der Waals surface area contributed by atoms with Crippen molar-refractivity contribution in [2.45, 2.75) is 97.7 Å². The molecule has 190 valence electrons. The van der Waals surface area contributed by atoms with Crippen molar-refractivity contribution in [3.8, 4) is 0 Å². The van der Waals surface area contributed by atoms with E-state index >= 15 is 0 Å². The van der Waals surface area contributed by atoms with Gasteiger partial charge in [0, 0.05) is 29.9 Å². The highest BCUT2D eigenvalue weighted by atomic mass is 16.6. The van der Waals surface area contributed by atoms with Crippen LogP contribution in [0.5, 0.6) is 0 Å². The molecular formula is C27H40O7. The maximum atomic E-state index is 11.7. The van der Waals surface area contributed by atoms with Crippen LogP contribution in [0.15, 0.2) is 11.6 Å². The molecule has 0 radical (unpaired) electrons. The van der Waals surface area contributed by atoms with Gasteiger partial charge >= 0.3 is 11.9 Å². The Morgan fingerprint density at radius 2 is 1.85 bits per heavy atom. The van der Waals surface area contributed by atoms with Crippen molar-refractivity contribution in [3.05, 3.63) is 11.6 Å². The molecule has 0 bridgehead atoms. The van der Waals surface area contributed by atoms with E-state index < -0.39 is 24.7 Å². The van der Waals surface area contributed by atoms with Crippen molar-refractivity contribution in [3.63, 3.8) is 0 Å². The molecule has 2 heterocycles. The lowest BCUT2D eigenvalue weighted by Gasteiger charge is -2.68. The van der Waals surface area contributed by atoms with Gasteiger partial charge in [-0.15, -0.1) is 0 Å². The minimum absolute atomic E-state index is 0.00889. The summed E-state index contributed by atoms with van der Waals surface area (Å²) in [5.41, 5.74) is 0.603. The highest BCUT2D eigenvalue weighted by molar-refractivity contribution is 5.85. The van der Waals surface area contributed by atoms with Gasteiger partial charge in [-0.1, -0.05) is 27.2 Å². The maximum Gasteiger partial charge on any atom is 0.333 e. The average molecular weight is 477 g/mol. The number of ether oxygens (including phenoxy) is 3. The molecule has 4 fully saturated rings. The predicted octanol–water partition coefficient (Wildman–Crippen LogP) is 3.71. The van der Waals surface area contributed by atoms with Gasteiger partial charge in [0.1, 0.15) is 0 Å². The van der Waals surface area contributed by atoms with E-state index in [0.29, 0.717) is 30.4 Å². The Kier molecular flexibility index (Phi) is 5.93. The predicted molar refractivity (Wildman–Crippen MR) is 123 cm³/mol. The van der Waals surface area contributed by atoms with E-state index in [-0.39, 0.29) is 34.1 Å². The number of aliphatic hydroxyl groups is 2. The summed E-state index contributed by atoms with van der Waals surface area (Å²) in [6, 6.07) is 0. The minimum atomic E-state index is -1.29. The van der Waals surface area contributed by atoms with E-state index in [4.69, 9.17) is 14.2 Å². The van der Waals surface area contributed by atoms with Gasteiger partial charge < -0.3 is 24.4 Å². The highest BCUT2D eigenvalue weighted by Crippen LogP contribution is 2.70. The summed E-state index contributed by atoms with van der Waals surface area (Å²) >= 11 is 0. The molecule has 2 aliphatic heterocycles. The number of fused-ring (bicyclic) bond motifs is 5. The van der Waals surface area contributed by atoms with E-state index in [1.807, 2.05) is 0 Å². The summed E-state index contributed by atoms with van der Waals surface area (Å²) in [7, 11) is 0. The third-order valence-electron chi connectivity index (χ3n) is 10.7. The topological polar surface area (TPSA) is 102 Å². The molecule has 0 spiro atoms. The standard InChI is InChI=1S/C27H40O7/c1-15(28)32-14-25(2)9-5-10-27(4)20(25)8-11-26(3)18-13-19(17-12-22(29)34-24(17)31)33-23(30)16(18)6-7-21(26)27/h12,16,18-21,23-24,30-31H,5-11,13-14H2,1-4H3/t16-,18+,19+,20?,21?,23?,24?,25+,26-,27-/m0/s1. The summed E-state index contributed by atoms with van der Waals surface area (Å²) in [5.74, 6) is 0.532. The van der Waals surface area contributed by atoms with Crippen molar-refractivity contribution in [1.29, 1.82) is 0 Å². The first kappa shape index (κ1) is 24.3. The highest BCUT2D eigenvalue weighted by Gasteiger charge is 2.64. The Labute approximate surface area is 202 Å². The molecule has 0 aromatic rings. The van der Waals surface area contributed by atoms with Gasteiger partial charge in [0.15, 0.2) is 6.29 Å². The van der Waals surface area contributed by atoms with Crippen molar-refractivity contribution in [1.82, 2.24) is 0 Å². The van der Waals surface area contributed by atoms with Crippen LogP contribution >= 0.6 is 0 Å². The Bertz CT molecular complexity index is 884. The monoisotopic (exact) mass is 476 g/mol. The smallest absolute Gasteiger partial charge is 0.333 e. The van der Waals surface area contributed by atoms with E-state index in [9.17, 15) is 19.8 Å². The van der Waals surface area contributed by atoms with Crippen LogP contribution < -0.4 is 0 Å². The Morgan fingerprint density at radius 3 is 2.53 bits per heavy atom. The number of carbonyl (C=O) groups excluding carboxylic acids is 2. The molecule has 2 N–H and O–H groups in total. The average Bonchev–Trinajstić information content (AvgIpc) is 3.10. The number of hydrogen-bond donors (Lipinski definition) is 2. The normalized spacial score (nSPS) is 50.4. The molecular weight excluding hydrogens is 436 g/mol. The van der Waals surface area contributed by atoms with Crippen LogP contribution in [0.4, 0.5) is 0 Å². The summed E-state index contributed by atoms with van der Waals surface area (Å²) in [4.78, 5) is 23.3. The summed E-state index contributed by atoms with van der Waals surface area (Å²) in [6.45, 7) is 9.17. The van der Waals surface area contributed by atoms with E-state index in [1.54, 1.807) is 0 Å². The number of aliphatic hydroxyl groups excluding tert-OH is 2. The molecule has 3 aliphatic carbocycles. The van der Waals surface area contributed by atoms with Gasteiger partial charge in [-0.25, -0.2) is 4.79 Å². The number of esters is 2. The zero-order valence-electron chi connectivity index (χ0n) is 20.9. The SMILES string of the molecule is CC(=O)OC[C@@]1(C)CCC[C@@]2(C)C1CC[C@]1(C)C2CC[C@@H]2C(O)O[C@@H](C3=CC(=O)OC3O)C[C@H]21. The first-order valence-corrected chi connectivity index (χ1v) is 13.0. The van der Waals surface area contributed by atoms with Crippen LogP contribution in [-0.2, 0) is 23.8 Å².